The number of halogens is 1. The van der Waals surface area contributed by atoms with Crippen molar-refractivity contribution in [2.75, 3.05) is 26.2 Å². The molecule has 3 rings (SSSR count). The highest BCUT2D eigenvalue weighted by molar-refractivity contribution is 6.21. The van der Waals surface area contributed by atoms with Crippen molar-refractivity contribution < 1.29 is 14.4 Å². The lowest BCUT2D eigenvalue weighted by Gasteiger charge is -2.26. The summed E-state index contributed by atoms with van der Waals surface area (Å²) in [5.74, 6) is -0.590. The van der Waals surface area contributed by atoms with Crippen LogP contribution >= 0.6 is 12.4 Å². The molecule has 1 aromatic rings. The van der Waals surface area contributed by atoms with Crippen LogP contribution in [0.2, 0.25) is 0 Å². The molecule has 1 saturated heterocycles. The molecular weight excluding hydrogens is 294 g/mol. The van der Waals surface area contributed by atoms with Gasteiger partial charge in [0.05, 0.1) is 17.0 Å². The molecule has 1 fully saturated rings. The summed E-state index contributed by atoms with van der Waals surface area (Å²) >= 11 is 0. The smallest absolute Gasteiger partial charge is 0.261 e. The topological polar surface area (TPSA) is 78.5 Å². The van der Waals surface area contributed by atoms with Crippen molar-refractivity contribution in [1.82, 2.24) is 15.5 Å². The third-order valence-electron chi connectivity index (χ3n) is 3.67. The highest BCUT2D eigenvalue weighted by atomic mass is 35.5. The van der Waals surface area contributed by atoms with Gasteiger partial charge in [-0.05, 0) is 12.1 Å². The van der Waals surface area contributed by atoms with E-state index in [4.69, 9.17) is 0 Å². The zero-order valence-corrected chi connectivity index (χ0v) is 12.1. The fraction of sp³-hybridized carbons (Fsp3) is 0.357. The van der Waals surface area contributed by atoms with Crippen LogP contribution < -0.4 is 10.6 Å². The molecule has 2 N–H and O–H groups in total. The Morgan fingerprint density at radius 2 is 1.76 bits per heavy atom. The minimum Gasteiger partial charge on any atom is -0.354 e. The van der Waals surface area contributed by atoms with Gasteiger partial charge in [-0.2, -0.15) is 0 Å². The fourth-order valence-electron chi connectivity index (χ4n) is 2.35. The summed E-state index contributed by atoms with van der Waals surface area (Å²) in [4.78, 5) is 37.0. The Bertz CT molecular complexity index is 552. The van der Waals surface area contributed by atoms with E-state index >= 15 is 0 Å². The van der Waals surface area contributed by atoms with E-state index < -0.39 is 0 Å². The van der Waals surface area contributed by atoms with Gasteiger partial charge in [0.25, 0.3) is 11.8 Å². The highest BCUT2D eigenvalue weighted by Gasteiger charge is 2.34. The van der Waals surface area contributed by atoms with Gasteiger partial charge in [0.15, 0.2) is 0 Å². The average molecular weight is 310 g/mol. The van der Waals surface area contributed by atoms with Crippen LogP contribution in [0.15, 0.2) is 24.3 Å². The Kier molecular flexibility index (Phi) is 4.59. The van der Waals surface area contributed by atoms with Gasteiger partial charge in [0, 0.05) is 26.2 Å². The highest BCUT2D eigenvalue weighted by Crippen LogP contribution is 2.21. The molecule has 2 aliphatic rings. The minimum absolute atomic E-state index is 0. The summed E-state index contributed by atoms with van der Waals surface area (Å²) in [6.45, 7) is 1.89. The van der Waals surface area contributed by atoms with E-state index in [9.17, 15) is 14.4 Å². The van der Waals surface area contributed by atoms with Crippen LogP contribution in [0.5, 0.6) is 0 Å². The number of carbonyl (C=O) groups is 3. The first-order valence-electron chi connectivity index (χ1n) is 6.62. The molecule has 2 heterocycles. The van der Waals surface area contributed by atoms with Crippen LogP contribution in [0.3, 0.4) is 0 Å². The molecule has 1 aromatic carbocycles. The van der Waals surface area contributed by atoms with Crippen LogP contribution in [0.4, 0.5) is 0 Å². The molecule has 21 heavy (non-hydrogen) atoms. The number of fused-ring (bicyclic) bond motifs is 1. The first-order valence-corrected chi connectivity index (χ1v) is 6.62. The maximum absolute atomic E-state index is 12.1. The van der Waals surface area contributed by atoms with Crippen LogP contribution in [0, 0.1) is 5.92 Å². The van der Waals surface area contributed by atoms with E-state index in [0.29, 0.717) is 30.8 Å². The monoisotopic (exact) mass is 309 g/mol. The predicted molar refractivity (Wildman–Crippen MR) is 78.4 cm³/mol. The van der Waals surface area contributed by atoms with E-state index in [1.807, 2.05) is 0 Å². The van der Waals surface area contributed by atoms with Crippen molar-refractivity contribution >= 4 is 30.1 Å². The molecule has 2 aliphatic heterocycles. The number of imide groups is 1. The van der Waals surface area contributed by atoms with Gasteiger partial charge in [0.2, 0.25) is 5.91 Å². The Hall–Kier alpha value is -1.92. The second-order valence-corrected chi connectivity index (χ2v) is 4.95. The summed E-state index contributed by atoms with van der Waals surface area (Å²) in [5, 5.41) is 5.77. The average Bonchev–Trinajstić information content (AvgIpc) is 2.62. The fourth-order valence-corrected chi connectivity index (χ4v) is 2.35. The van der Waals surface area contributed by atoms with Crippen LogP contribution in [0.1, 0.15) is 20.7 Å². The molecule has 0 aliphatic carbocycles. The van der Waals surface area contributed by atoms with E-state index in [0.717, 1.165) is 0 Å². The number of hydrogen-bond acceptors (Lipinski definition) is 4. The molecule has 112 valence electrons. The molecule has 3 amide bonds. The van der Waals surface area contributed by atoms with Crippen molar-refractivity contribution in [3.05, 3.63) is 35.4 Å². The Labute approximate surface area is 128 Å². The van der Waals surface area contributed by atoms with Crippen molar-refractivity contribution in [2.24, 2.45) is 5.92 Å². The summed E-state index contributed by atoms with van der Waals surface area (Å²) in [5.41, 5.74) is 0.874. The molecule has 0 aromatic heterocycles. The number of nitrogens with one attached hydrogen (secondary N) is 2. The maximum atomic E-state index is 12.1. The predicted octanol–water partition coefficient (Wildman–Crippen LogP) is 0.0400. The van der Waals surface area contributed by atoms with Crippen molar-refractivity contribution in [2.45, 2.75) is 0 Å². The third kappa shape index (κ3) is 2.77. The van der Waals surface area contributed by atoms with Gasteiger partial charge in [-0.25, -0.2) is 0 Å². The Morgan fingerprint density at radius 1 is 1.19 bits per heavy atom. The number of nitrogens with zero attached hydrogens (tertiary/aromatic N) is 1. The first kappa shape index (κ1) is 15.5. The molecule has 6 nitrogen and oxygen atoms in total. The standard InChI is InChI=1S/C14H15N3O3.ClH/c18-12(9-7-15-8-9)16-5-6-17-13(19)10-3-1-2-4-11(10)14(17)20;/h1-4,9,15H,5-8H2,(H,16,18);1H. The molecule has 0 saturated carbocycles. The van der Waals surface area contributed by atoms with Gasteiger partial charge >= 0.3 is 0 Å². The first-order chi connectivity index (χ1) is 9.68. The van der Waals surface area contributed by atoms with Crippen molar-refractivity contribution in [3.63, 3.8) is 0 Å². The maximum Gasteiger partial charge on any atom is 0.261 e. The van der Waals surface area contributed by atoms with Gasteiger partial charge in [-0.1, -0.05) is 12.1 Å². The van der Waals surface area contributed by atoms with Gasteiger partial charge in [-0.3, -0.25) is 19.3 Å². The van der Waals surface area contributed by atoms with Crippen LogP contribution in [0.25, 0.3) is 0 Å². The molecule has 0 bridgehead atoms. The molecule has 0 atom stereocenters. The number of carbonyl (C=O) groups excluding carboxylic acids is 3. The van der Waals surface area contributed by atoms with Gasteiger partial charge < -0.3 is 10.6 Å². The Morgan fingerprint density at radius 3 is 2.24 bits per heavy atom. The van der Waals surface area contributed by atoms with Crippen LogP contribution in [-0.4, -0.2) is 48.8 Å². The molecule has 0 radical (unpaired) electrons. The second kappa shape index (κ2) is 6.24. The van der Waals surface area contributed by atoms with Gasteiger partial charge in [-0.15, -0.1) is 12.4 Å². The van der Waals surface area contributed by atoms with Crippen molar-refractivity contribution in [1.29, 1.82) is 0 Å². The second-order valence-electron chi connectivity index (χ2n) is 4.95. The van der Waals surface area contributed by atoms with E-state index in [-0.39, 0.29) is 42.6 Å². The van der Waals surface area contributed by atoms with Crippen molar-refractivity contribution in [3.8, 4) is 0 Å². The molecule has 7 heteroatoms. The zero-order chi connectivity index (χ0) is 14.1. The summed E-state index contributed by atoms with van der Waals surface area (Å²) in [7, 11) is 0. The molecule has 0 spiro atoms. The molecular formula is C14H16ClN3O3. The number of rotatable bonds is 4. The number of benzene rings is 1. The SMILES string of the molecule is Cl.O=C(NCCN1C(=O)c2ccccc2C1=O)C1CNC1. The minimum atomic E-state index is -0.287. The lowest BCUT2D eigenvalue weighted by atomic mass is 10.0. The number of hydrogen-bond donors (Lipinski definition) is 2. The van der Waals surface area contributed by atoms with E-state index in [2.05, 4.69) is 10.6 Å². The molecule has 0 unspecified atom stereocenters. The van der Waals surface area contributed by atoms with E-state index in [1.165, 1.54) is 4.90 Å². The lowest BCUT2D eigenvalue weighted by Crippen LogP contribution is -2.51. The summed E-state index contributed by atoms with van der Waals surface area (Å²) in [6, 6.07) is 6.76. The number of amides is 3. The lowest BCUT2D eigenvalue weighted by molar-refractivity contribution is -0.126. The summed E-state index contributed by atoms with van der Waals surface area (Å²) < 4.78 is 0. The Balaban J connectivity index is 0.00000161. The largest absolute Gasteiger partial charge is 0.354 e. The summed E-state index contributed by atoms with van der Waals surface area (Å²) in [6.07, 6.45) is 0. The van der Waals surface area contributed by atoms with E-state index in [1.54, 1.807) is 24.3 Å². The normalized spacial score (nSPS) is 17.0. The van der Waals surface area contributed by atoms with Gasteiger partial charge in [0.1, 0.15) is 0 Å². The third-order valence-corrected chi connectivity index (χ3v) is 3.67. The zero-order valence-electron chi connectivity index (χ0n) is 11.3. The van der Waals surface area contributed by atoms with Crippen LogP contribution in [-0.2, 0) is 4.79 Å². The quantitative estimate of drug-likeness (QED) is 0.770.